The average molecular weight is 398 g/mol. The molecular weight excluding hydrogens is 376 g/mol. The number of hydrogen-bond acceptors (Lipinski definition) is 5. The molecule has 2 aromatic rings. The molecule has 2 aromatic carbocycles. The van der Waals surface area contributed by atoms with Crippen molar-refractivity contribution in [3.05, 3.63) is 65.2 Å². The van der Waals surface area contributed by atoms with E-state index in [1.807, 2.05) is 6.92 Å². The second-order valence-corrected chi connectivity index (χ2v) is 5.98. The molecule has 0 saturated carbocycles. The minimum atomic E-state index is -0.661. The van der Waals surface area contributed by atoms with Gasteiger partial charge in [-0.2, -0.15) is 0 Å². The van der Waals surface area contributed by atoms with Crippen molar-refractivity contribution < 1.29 is 23.9 Å². The first-order chi connectivity index (χ1) is 13.9. The molecule has 4 amide bonds. The maximum atomic E-state index is 12.0. The Bertz CT molecular complexity index is 896. The van der Waals surface area contributed by atoms with Gasteiger partial charge in [0.05, 0.1) is 5.56 Å². The van der Waals surface area contributed by atoms with Crippen LogP contribution in [-0.2, 0) is 16.1 Å². The zero-order valence-corrected chi connectivity index (χ0v) is 15.9. The first-order valence-corrected chi connectivity index (χ1v) is 8.86. The van der Waals surface area contributed by atoms with Crippen LogP contribution in [0.3, 0.4) is 0 Å². The highest BCUT2D eigenvalue weighted by molar-refractivity contribution is 5.98. The first-order valence-electron chi connectivity index (χ1n) is 8.86. The number of anilines is 1. The van der Waals surface area contributed by atoms with Gasteiger partial charge in [-0.05, 0) is 42.8 Å². The third-order valence-electron chi connectivity index (χ3n) is 3.74. The van der Waals surface area contributed by atoms with Gasteiger partial charge in [-0.1, -0.05) is 18.2 Å². The van der Waals surface area contributed by atoms with Gasteiger partial charge in [-0.25, -0.2) is 9.59 Å². The Morgan fingerprint density at radius 1 is 0.966 bits per heavy atom. The topological polar surface area (TPSA) is 140 Å². The van der Waals surface area contributed by atoms with E-state index in [1.54, 1.807) is 30.3 Å². The third kappa shape index (κ3) is 6.98. The smallest absolute Gasteiger partial charge is 0.338 e. The monoisotopic (exact) mass is 398 g/mol. The van der Waals surface area contributed by atoms with E-state index in [9.17, 15) is 19.2 Å². The van der Waals surface area contributed by atoms with E-state index in [0.717, 1.165) is 5.56 Å². The molecular formula is C20H22N4O5. The summed E-state index contributed by atoms with van der Waals surface area (Å²) < 4.78 is 5.00. The molecule has 0 aliphatic heterocycles. The molecule has 0 fully saturated rings. The third-order valence-corrected chi connectivity index (χ3v) is 3.74. The van der Waals surface area contributed by atoms with Crippen LogP contribution in [0.4, 0.5) is 10.5 Å². The number of amides is 4. The molecule has 0 unspecified atom stereocenters. The van der Waals surface area contributed by atoms with Gasteiger partial charge in [0, 0.05) is 24.3 Å². The summed E-state index contributed by atoms with van der Waals surface area (Å²) in [6, 6.07) is 12.1. The highest BCUT2D eigenvalue weighted by Crippen LogP contribution is 2.11. The predicted molar refractivity (Wildman–Crippen MR) is 106 cm³/mol. The first kappa shape index (κ1) is 21.4. The molecule has 0 aliphatic rings. The van der Waals surface area contributed by atoms with Gasteiger partial charge < -0.3 is 26.4 Å². The van der Waals surface area contributed by atoms with E-state index in [4.69, 9.17) is 10.5 Å². The SMILES string of the molecule is CCNC(=O)c1cccc(NC(=O)COC(=O)c2ccc(CNC(N)=O)cc2)c1. The Kier molecular flexibility index (Phi) is 7.72. The van der Waals surface area contributed by atoms with Crippen LogP contribution in [-0.4, -0.2) is 37.0 Å². The lowest BCUT2D eigenvalue weighted by atomic mass is 10.1. The van der Waals surface area contributed by atoms with Crippen molar-refractivity contribution in [2.45, 2.75) is 13.5 Å². The minimum absolute atomic E-state index is 0.239. The summed E-state index contributed by atoms with van der Waals surface area (Å²) in [6.07, 6.45) is 0. The van der Waals surface area contributed by atoms with Crippen LogP contribution in [0.1, 0.15) is 33.2 Å². The summed E-state index contributed by atoms with van der Waals surface area (Å²) in [5.74, 6) is -1.44. The zero-order chi connectivity index (χ0) is 21.2. The van der Waals surface area contributed by atoms with E-state index < -0.39 is 24.5 Å². The van der Waals surface area contributed by atoms with Crippen LogP contribution in [0.2, 0.25) is 0 Å². The number of ether oxygens (including phenoxy) is 1. The van der Waals surface area contributed by atoms with Gasteiger partial charge in [-0.15, -0.1) is 0 Å². The Morgan fingerprint density at radius 2 is 1.69 bits per heavy atom. The van der Waals surface area contributed by atoms with Crippen molar-refractivity contribution >= 4 is 29.5 Å². The summed E-state index contributed by atoms with van der Waals surface area (Å²) >= 11 is 0. The summed E-state index contributed by atoms with van der Waals surface area (Å²) in [5, 5.41) is 7.68. The predicted octanol–water partition coefficient (Wildman–Crippen LogP) is 1.40. The second-order valence-electron chi connectivity index (χ2n) is 5.98. The van der Waals surface area contributed by atoms with E-state index in [1.165, 1.54) is 18.2 Å². The van der Waals surface area contributed by atoms with E-state index >= 15 is 0 Å². The Hall–Kier alpha value is -3.88. The molecule has 0 heterocycles. The van der Waals surface area contributed by atoms with Gasteiger partial charge in [-0.3, -0.25) is 9.59 Å². The number of carbonyl (C=O) groups excluding carboxylic acids is 4. The molecule has 0 bridgehead atoms. The van der Waals surface area contributed by atoms with Crippen molar-refractivity contribution in [2.24, 2.45) is 5.73 Å². The van der Waals surface area contributed by atoms with Gasteiger partial charge in [0.15, 0.2) is 6.61 Å². The number of nitrogens with one attached hydrogen (secondary N) is 3. The fraction of sp³-hybridized carbons (Fsp3) is 0.200. The standard InChI is InChI=1S/C20H22N4O5/c1-2-22-18(26)15-4-3-5-16(10-15)24-17(25)12-29-19(27)14-8-6-13(7-9-14)11-23-20(21)28/h3-10H,2,11-12H2,1H3,(H,22,26)(H,24,25)(H3,21,23,28). The van der Waals surface area contributed by atoms with Crippen LogP contribution >= 0.6 is 0 Å². The lowest BCUT2D eigenvalue weighted by molar-refractivity contribution is -0.119. The van der Waals surface area contributed by atoms with Crippen molar-refractivity contribution in [3.63, 3.8) is 0 Å². The van der Waals surface area contributed by atoms with Gasteiger partial charge in [0.2, 0.25) is 0 Å². The summed E-state index contributed by atoms with van der Waals surface area (Å²) in [6.45, 7) is 2.06. The molecule has 0 saturated heterocycles. The number of primary amides is 1. The molecule has 5 N–H and O–H groups in total. The van der Waals surface area contributed by atoms with Crippen LogP contribution in [0.15, 0.2) is 48.5 Å². The van der Waals surface area contributed by atoms with Gasteiger partial charge >= 0.3 is 12.0 Å². The van der Waals surface area contributed by atoms with E-state index in [0.29, 0.717) is 17.8 Å². The summed E-state index contributed by atoms with van der Waals surface area (Å²) in [5.41, 5.74) is 6.84. The Labute approximate surface area is 167 Å². The molecule has 29 heavy (non-hydrogen) atoms. The Balaban J connectivity index is 1.85. The number of rotatable bonds is 8. The van der Waals surface area contributed by atoms with Crippen molar-refractivity contribution in [1.29, 1.82) is 0 Å². The maximum absolute atomic E-state index is 12.0. The largest absolute Gasteiger partial charge is 0.452 e. The average Bonchev–Trinajstić information content (AvgIpc) is 2.71. The highest BCUT2D eigenvalue weighted by atomic mass is 16.5. The molecule has 152 valence electrons. The number of nitrogens with two attached hydrogens (primary N) is 1. The minimum Gasteiger partial charge on any atom is -0.452 e. The van der Waals surface area contributed by atoms with Crippen molar-refractivity contribution in [3.8, 4) is 0 Å². The van der Waals surface area contributed by atoms with Crippen LogP contribution in [0, 0.1) is 0 Å². The molecule has 0 spiro atoms. The van der Waals surface area contributed by atoms with Crippen LogP contribution < -0.4 is 21.7 Å². The Morgan fingerprint density at radius 3 is 2.34 bits per heavy atom. The molecule has 9 heteroatoms. The quantitative estimate of drug-likeness (QED) is 0.498. The van der Waals surface area contributed by atoms with Gasteiger partial charge in [0.1, 0.15) is 0 Å². The van der Waals surface area contributed by atoms with Gasteiger partial charge in [0.25, 0.3) is 11.8 Å². The lowest BCUT2D eigenvalue weighted by Gasteiger charge is -2.09. The number of esters is 1. The highest BCUT2D eigenvalue weighted by Gasteiger charge is 2.11. The van der Waals surface area contributed by atoms with E-state index in [2.05, 4.69) is 16.0 Å². The molecule has 0 aliphatic carbocycles. The van der Waals surface area contributed by atoms with Crippen LogP contribution in [0.5, 0.6) is 0 Å². The van der Waals surface area contributed by atoms with Crippen molar-refractivity contribution in [2.75, 3.05) is 18.5 Å². The van der Waals surface area contributed by atoms with Crippen molar-refractivity contribution in [1.82, 2.24) is 10.6 Å². The zero-order valence-electron chi connectivity index (χ0n) is 15.9. The fourth-order valence-electron chi connectivity index (χ4n) is 2.36. The maximum Gasteiger partial charge on any atom is 0.338 e. The number of hydrogen-bond donors (Lipinski definition) is 4. The molecule has 2 rings (SSSR count). The normalized spacial score (nSPS) is 9.97. The second kappa shape index (κ2) is 10.5. The molecule has 0 radical (unpaired) electrons. The number of urea groups is 1. The van der Waals surface area contributed by atoms with Crippen LogP contribution in [0.25, 0.3) is 0 Å². The fourth-order valence-corrected chi connectivity index (χ4v) is 2.36. The molecule has 9 nitrogen and oxygen atoms in total. The van der Waals surface area contributed by atoms with E-state index in [-0.39, 0.29) is 18.0 Å². The molecule has 0 aromatic heterocycles. The summed E-state index contributed by atoms with van der Waals surface area (Å²) in [7, 11) is 0. The summed E-state index contributed by atoms with van der Waals surface area (Å²) in [4.78, 5) is 46.6. The lowest BCUT2D eigenvalue weighted by Crippen LogP contribution is -2.28. The number of benzene rings is 2. The number of carbonyl (C=O) groups is 4. The molecule has 0 atom stereocenters.